The van der Waals surface area contributed by atoms with Crippen LogP contribution in [0.4, 0.5) is 4.79 Å². The summed E-state index contributed by atoms with van der Waals surface area (Å²) in [7, 11) is -1.02. The standard InChI is InChI=1S/C19H30N2O2S/c1-8-20(9-2)18(22)23-16-10-11-17-15(14-16)12-13-21(17)24(6,7)19(3,4)5/h10-14H,8-9H2,1-7H3. The quantitative estimate of drug-likeness (QED) is 0.768. The molecule has 0 aliphatic heterocycles. The molecule has 0 aliphatic carbocycles. The number of carbonyl (C=O) groups excluding carboxylic acids is 1. The number of carbonyl (C=O) groups is 1. The number of nitrogens with zero attached hydrogens (tertiary/aromatic N) is 2. The highest BCUT2D eigenvalue weighted by atomic mass is 32.3. The Bertz CT molecular complexity index is 725. The Kier molecular flexibility index (Phi) is 5.23. The third kappa shape index (κ3) is 3.41. The van der Waals surface area contributed by atoms with E-state index in [9.17, 15) is 4.79 Å². The molecule has 0 aliphatic rings. The van der Waals surface area contributed by atoms with Gasteiger partial charge in [0.2, 0.25) is 0 Å². The normalized spacial score (nSPS) is 13.1. The summed E-state index contributed by atoms with van der Waals surface area (Å²) in [5, 5.41) is 1.10. The van der Waals surface area contributed by atoms with Crippen LogP contribution in [0.25, 0.3) is 10.9 Å². The third-order valence-electron chi connectivity index (χ3n) is 4.84. The van der Waals surface area contributed by atoms with Crippen LogP contribution in [-0.2, 0) is 0 Å². The van der Waals surface area contributed by atoms with Crippen molar-refractivity contribution < 1.29 is 9.53 Å². The largest absolute Gasteiger partial charge is 0.415 e. The van der Waals surface area contributed by atoms with Gasteiger partial charge in [0.05, 0.1) is 5.52 Å². The third-order valence-corrected chi connectivity index (χ3v) is 9.14. The van der Waals surface area contributed by atoms with Gasteiger partial charge in [-0.25, -0.2) is 4.79 Å². The van der Waals surface area contributed by atoms with Gasteiger partial charge in [0.15, 0.2) is 0 Å². The summed E-state index contributed by atoms with van der Waals surface area (Å²) in [4.78, 5) is 13.8. The molecule has 0 radical (unpaired) electrons. The van der Waals surface area contributed by atoms with E-state index in [0.29, 0.717) is 18.8 Å². The molecule has 0 atom stereocenters. The predicted molar refractivity (Wildman–Crippen MR) is 105 cm³/mol. The van der Waals surface area contributed by atoms with Crippen molar-refractivity contribution in [2.45, 2.75) is 39.4 Å². The van der Waals surface area contributed by atoms with Crippen LogP contribution in [0.1, 0.15) is 34.6 Å². The fraction of sp³-hybridized carbons (Fsp3) is 0.526. The molecule has 1 heterocycles. The van der Waals surface area contributed by atoms with Crippen molar-refractivity contribution in [2.75, 3.05) is 25.6 Å². The highest BCUT2D eigenvalue weighted by molar-refractivity contribution is 8.32. The molecule has 5 heteroatoms. The minimum atomic E-state index is -1.02. The van der Waals surface area contributed by atoms with E-state index in [0.717, 1.165) is 5.39 Å². The smallest absolute Gasteiger partial charge is 0.410 e. The Morgan fingerprint density at radius 1 is 1.17 bits per heavy atom. The lowest BCUT2D eigenvalue weighted by molar-refractivity contribution is 0.157. The van der Waals surface area contributed by atoms with E-state index >= 15 is 0 Å². The number of fused-ring (bicyclic) bond motifs is 1. The van der Waals surface area contributed by atoms with E-state index in [1.807, 2.05) is 26.0 Å². The maximum atomic E-state index is 12.1. The molecule has 0 fully saturated rings. The van der Waals surface area contributed by atoms with Gasteiger partial charge in [-0.05, 0) is 50.6 Å². The number of hydrogen-bond donors (Lipinski definition) is 0. The first-order valence-corrected chi connectivity index (χ1v) is 10.8. The van der Waals surface area contributed by atoms with E-state index in [-0.39, 0.29) is 10.8 Å². The van der Waals surface area contributed by atoms with Crippen LogP contribution in [0.2, 0.25) is 0 Å². The fourth-order valence-electron chi connectivity index (χ4n) is 2.50. The SMILES string of the molecule is CCN(CC)C(=O)Oc1ccc2c(ccn2S(C)(C)C(C)(C)C)c1. The Labute approximate surface area is 147 Å². The van der Waals surface area contributed by atoms with Crippen LogP contribution in [-0.4, -0.2) is 45.3 Å². The Morgan fingerprint density at radius 2 is 1.79 bits per heavy atom. The van der Waals surface area contributed by atoms with Gasteiger partial charge in [-0.2, -0.15) is 10.2 Å². The predicted octanol–water partition coefficient (Wildman–Crippen LogP) is 5.11. The average Bonchev–Trinajstić information content (AvgIpc) is 2.91. The molecule has 2 rings (SSSR count). The van der Waals surface area contributed by atoms with Crippen molar-refractivity contribution in [3.05, 3.63) is 30.5 Å². The fourth-order valence-corrected chi connectivity index (χ4v) is 4.11. The highest BCUT2D eigenvalue weighted by Gasteiger charge is 2.30. The van der Waals surface area contributed by atoms with Crippen LogP contribution in [0, 0.1) is 0 Å². The van der Waals surface area contributed by atoms with E-state index in [4.69, 9.17) is 4.74 Å². The summed E-state index contributed by atoms with van der Waals surface area (Å²) in [6.45, 7) is 12.1. The van der Waals surface area contributed by atoms with Crippen molar-refractivity contribution in [3.63, 3.8) is 0 Å². The first kappa shape index (κ1) is 18.7. The van der Waals surface area contributed by atoms with Gasteiger partial charge >= 0.3 is 6.09 Å². The minimum Gasteiger partial charge on any atom is -0.410 e. The zero-order valence-electron chi connectivity index (χ0n) is 15.9. The first-order valence-electron chi connectivity index (χ1n) is 8.43. The summed E-state index contributed by atoms with van der Waals surface area (Å²) in [5.74, 6) is 0.598. The molecule has 0 spiro atoms. The van der Waals surface area contributed by atoms with E-state index in [1.54, 1.807) is 4.90 Å². The molecule has 1 aromatic carbocycles. The maximum absolute atomic E-state index is 12.1. The average molecular weight is 351 g/mol. The lowest BCUT2D eigenvalue weighted by Crippen LogP contribution is -2.33. The van der Waals surface area contributed by atoms with Gasteiger partial charge in [0.1, 0.15) is 5.75 Å². The van der Waals surface area contributed by atoms with Gasteiger partial charge in [0, 0.05) is 29.4 Å². The molecule has 0 saturated heterocycles. The molecular formula is C19H30N2O2S. The van der Waals surface area contributed by atoms with Crippen molar-refractivity contribution in [2.24, 2.45) is 0 Å². The maximum Gasteiger partial charge on any atom is 0.415 e. The van der Waals surface area contributed by atoms with Crippen molar-refractivity contribution >= 4 is 27.2 Å². The zero-order valence-corrected chi connectivity index (χ0v) is 16.7. The molecule has 24 heavy (non-hydrogen) atoms. The van der Waals surface area contributed by atoms with Gasteiger partial charge in [-0.3, -0.25) is 0 Å². The lowest BCUT2D eigenvalue weighted by atomic mass is 10.2. The molecule has 0 saturated carbocycles. The van der Waals surface area contributed by atoms with E-state index in [2.05, 4.69) is 55.6 Å². The number of ether oxygens (including phenoxy) is 1. The molecule has 0 unspecified atom stereocenters. The zero-order chi connectivity index (χ0) is 18.1. The summed E-state index contributed by atoms with van der Waals surface area (Å²) in [5.41, 5.74) is 1.19. The number of rotatable bonds is 4. The summed E-state index contributed by atoms with van der Waals surface area (Å²) >= 11 is 0. The highest BCUT2D eigenvalue weighted by Crippen LogP contribution is 2.55. The molecule has 0 bridgehead atoms. The topological polar surface area (TPSA) is 34.5 Å². The number of benzene rings is 1. The number of hydrogen-bond acceptors (Lipinski definition) is 2. The van der Waals surface area contributed by atoms with Gasteiger partial charge in [0.25, 0.3) is 0 Å². The Balaban J connectivity index is 2.34. The van der Waals surface area contributed by atoms with E-state index in [1.165, 1.54) is 5.52 Å². The molecule has 2 aromatic rings. The number of amides is 1. The van der Waals surface area contributed by atoms with E-state index < -0.39 is 10.2 Å². The second-order valence-electron chi connectivity index (χ2n) is 7.29. The molecule has 0 N–H and O–H groups in total. The molecule has 134 valence electrons. The van der Waals surface area contributed by atoms with Crippen molar-refractivity contribution in [1.29, 1.82) is 0 Å². The minimum absolute atomic E-state index is 0.201. The van der Waals surface area contributed by atoms with Crippen LogP contribution in [0.5, 0.6) is 5.75 Å². The summed E-state index contributed by atoms with van der Waals surface area (Å²) in [6, 6.07) is 8.00. The summed E-state index contributed by atoms with van der Waals surface area (Å²) in [6.07, 6.45) is 6.53. The van der Waals surface area contributed by atoms with Crippen LogP contribution in [0.15, 0.2) is 30.5 Å². The van der Waals surface area contributed by atoms with Gasteiger partial charge < -0.3 is 13.6 Å². The number of aromatic nitrogens is 1. The molecule has 4 nitrogen and oxygen atoms in total. The van der Waals surface area contributed by atoms with Crippen molar-refractivity contribution in [1.82, 2.24) is 8.87 Å². The second kappa shape index (κ2) is 6.71. The monoisotopic (exact) mass is 350 g/mol. The Morgan fingerprint density at radius 3 is 2.33 bits per heavy atom. The van der Waals surface area contributed by atoms with Gasteiger partial charge in [-0.1, -0.05) is 20.8 Å². The van der Waals surface area contributed by atoms with Gasteiger partial charge in [-0.15, -0.1) is 0 Å². The molecule has 1 amide bonds. The Hall–Kier alpha value is -1.62. The second-order valence-corrected chi connectivity index (χ2v) is 11.5. The molecule has 1 aromatic heterocycles. The first-order chi connectivity index (χ1) is 11.1. The van der Waals surface area contributed by atoms with Crippen LogP contribution < -0.4 is 4.74 Å². The van der Waals surface area contributed by atoms with Crippen LogP contribution in [0.3, 0.4) is 0 Å². The van der Waals surface area contributed by atoms with Crippen LogP contribution >= 0.6 is 10.2 Å². The lowest BCUT2D eigenvalue weighted by Gasteiger charge is -2.46. The summed E-state index contributed by atoms with van der Waals surface area (Å²) < 4.78 is 8.10. The van der Waals surface area contributed by atoms with Crippen molar-refractivity contribution in [3.8, 4) is 5.75 Å². The molecular weight excluding hydrogens is 320 g/mol.